The van der Waals surface area contributed by atoms with Crippen LogP contribution in [0, 0.1) is 29.1 Å². The lowest BCUT2D eigenvalue weighted by atomic mass is 9.69. The number of nitrogens with one attached hydrogen (secondary N) is 1. The van der Waals surface area contributed by atoms with E-state index < -0.39 is 0 Å². The number of allylic oxidation sites excluding steroid dienone is 2. The van der Waals surface area contributed by atoms with Crippen molar-refractivity contribution < 1.29 is 4.79 Å². The molecule has 3 nitrogen and oxygen atoms in total. The summed E-state index contributed by atoms with van der Waals surface area (Å²) >= 11 is 0. The third-order valence-electron chi connectivity index (χ3n) is 3.48. The molecule has 0 amide bonds. The van der Waals surface area contributed by atoms with Crippen molar-refractivity contribution in [1.29, 1.82) is 5.26 Å². The summed E-state index contributed by atoms with van der Waals surface area (Å²) in [6, 6.07) is 1.98. The molecule has 1 N–H and O–H groups in total. The second-order valence-corrected chi connectivity index (χ2v) is 4.28. The van der Waals surface area contributed by atoms with E-state index in [4.69, 9.17) is 5.26 Å². The molecule has 1 aliphatic heterocycles. The molecule has 0 saturated carbocycles. The zero-order chi connectivity index (χ0) is 11.0. The summed E-state index contributed by atoms with van der Waals surface area (Å²) in [5.41, 5.74) is 1.24. The maximum Gasteiger partial charge on any atom is 0.176 e. The Hall–Kier alpha value is -1.56. The van der Waals surface area contributed by atoms with Gasteiger partial charge in [-0.05, 0) is 12.3 Å². The van der Waals surface area contributed by atoms with Crippen molar-refractivity contribution >= 4 is 5.78 Å². The summed E-state index contributed by atoms with van der Waals surface area (Å²) < 4.78 is 0. The van der Waals surface area contributed by atoms with Crippen LogP contribution >= 0.6 is 0 Å². The highest BCUT2D eigenvalue weighted by atomic mass is 16.1. The molecular weight excluding hydrogens is 188 g/mol. The van der Waals surface area contributed by atoms with Crippen molar-refractivity contribution in [3.63, 3.8) is 0 Å². The minimum Gasteiger partial charge on any atom is -0.388 e. The van der Waals surface area contributed by atoms with Gasteiger partial charge in [-0.25, -0.2) is 0 Å². The zero-order valence-corrected chi connectivity index (χ0v) is 8.79. The number of carbonyl (C=O) groups is 1. The molecule has 3 unspecified atom stereocenters. The molecule has 0 bridgehead atoms. The summed E-state index contributed by atoms with van der Waals surface area (Å²) in [6.07, 6.45) is 2.76. The molecule has 1 fully saturated rings. The predicted molar refractivity (Wildman–Crippen MR) is 56.6 cm³/mol. The number of Topliss-reactive ketones (excluding diaryl/α,β-unsaturated/α-hetero) is 1. The fourth-order valence-electron chi connectivity index (χ4n) is 2.53. The van der Waals surface area contributed by atoms with E-state index in [0.29, 0.717) is 11.5 Å². The van der Waals surface area contributed by atoms with Crippen LogP contribution in [0.25, 0.3) is 0 Å². The van der Waals surface area contributed by atoms with Gasteiger partial charge in [-0.1, -0.05) is 19.6 Å². The Morgan fingerprint density at radius 3 is 3.07 bits per heavy atom. The van der Waals surface area contributed by atoms with Crippen LogP contribution in [0.2, 0.25) is 0 Å². The zero-order valence-electron chi connectivity index (χ0n) is 8.79. The van der Waals surface area contributed by atoms with Crippen molar-refractivity contribution in [3.8, 4) is 6.07 Å². The molecule has 1 saturated heterocycles. The lowest BCUT2D eigenvalue weighted by Crippen LogP contribution is -2.41. The standard InChI is InChI=1S/C12H14N2O/c1-7-10-3-4-14-8(2)11(10)5-9(6-13)12(7)15/h5,7,10-11,14H,2-4H2,1H3. The molecule has 0 radical (unpaired) electrons. The van der Waals surface area contributed by atoms with Crippen LogP contribution in [-0.4, -0.2) is 12.3 Å². The van der Waals surface area contributed by atoms with Crippen molar-refractivity contribution in [1.82, 2.24) is 5.32 Å². The fraction of sp³-hybridized carbons (Fsp3) is 0.500. The van der Waals surface area contributed by atoms with Gasteiger partial charge in [0.2, 0.25) is 0 Å². The Kier molecular flexibility index (Phi) is 2.36. The molecule has 2 aliphatic rings. The van der Waals surface area contributed by atoms with Crippen molar-refractivity contribution in [3.05, 3.63) is 23.9 Å². The Morgan fingerprint density at radius 2 is 2.40 bits per heavy atom. The van der Waals surface area contributed by atoms with Gasteiger partial charge in [0.25, 0.3) is 0 Å². The lowest BCUT2D eigenvalue weighted by molar-refractivity contribution is -0.121. The molecule has 0 aromatic heterocycles. The van der Waals surface area contributed by atoms with Crippen LogP contribution in [0.15, 0.2) is 23.9 Å². The van der Waals surface area contributed by atoms with Crippen LogP contribution in [0.1, 0.15) is 13.3 Å². The normalized spacial score (nSPS) is 34.9. The molecular formula is C12H14N2O. The SMILES string of the molecule is C=C1NCCC2C(C)C(=O)C(C#N)=CC12. The predicted octanol–water partition coefficient (Wildman–Crippen LogP) is 1.39. The molecule has 78 valence electrons. The van der Waals surface area contributed by atoms with Crippen molar-refractivity contribution in [2.75, 3.05) is 6.54 Å². The number of rotatable bonds is 0. The van der Waals surface area contributed by atoms with E-state index in [9.17, 15) is 4.79 Å². The van der Waals surface area contributed by atoms with Crippen molar-refractivity contribution in [2.24, 2.45) is 17.8 Å². The summed E-state index contributed by atoms with van der Waals surface area (Å²) in [7, 11) is 0. The molecule has 1 aliphatic carbocycles. The molecule has 15 heavy (non-hydrogen) atoms. The first-order valence-electron chi connectivity index (χ1n) is 5.24. The Labute approximate surface area is 89.5 Å². The Balaban J connectivity index is 2.40. The van der Waals surface area contributed by atoms with E-state index in [-0.39, 0.29) is 17.6 Å². The van der Waals surface area contributed by atoms with E-state index in [0.717, 1.165) is 18.7 Å². The molecule has 0 aromatic rings. The molecule has 2 rings (SSSR count). The first-order chi connectivity index (χ1) is 7.15. The highest BCUT2D eigenvalue weighted by Crippen LogP contribution is 2.38. The fourth-order valence-corrected chi connectivity index (χ4v) is 2.53. The highest BCUT2D eigenvalue weighted by Gasteiger charge is 2.39. The second-order valence-electron chi connectivity index (χ2n) is 4.28. The lowest BCUT2D eigenvalue weighted by Gasteiger charge is -2.38. The largest absolute Gasteiger partial charge is 0.388 e. The monoisotopic (exact) mass is 202 g/mol. The van der Waals surface area contributed by atoms with E-state index in [1.165, 1.54) is 0 Å². The number of ketones is 1. The Bertz CT molecular complexity index is 389. The molecule has 0 spiro atoms. The van der Waals surface area contributed by atoms with E-state index >= 15 is 0 Å². The highest BCUT2D eigenvalue weighted by molar-refractivity contribution is 6.01. The summed E-state index contributed by atoms with van der Waals surface area (Å²) in [6.45, 7) is 6.75. The maximum absolute atomic E-state index is 11.8. The number of nitrogens with zero attached hydrogens (tertiary/aromatic N) is 1. The number of nitriles is 1. The number of carbonyl (C=O) groups excluding carboxylic acids is 1. The van der Waals surface area contributed by atoms with Gasteiger partial charge < -0.3 is 5.32 Å². The molecule has 0 aromatic carbocycles. The Morgan fingerprint density at radius 1 is 1.67 bits per heavy atom. The van der Waals surface area contributed by atoms with Crippen LogP contribution in [0.5, 0.6) is 0 Å². The number of fused-ring (bicyclic) bond motifs is 1. The summed E-state index contributed by atoms with van der Waals surface area (Å²) in [4.78, 5) is 11.8. The first-order valence-corrected chi connectivity index (χ1v) is 5.24. The van der Waals surface area contributed by atoms with E-state index in [1.807, 2.05) is 13.0 Å². The minimum atomic E-state index is -0.0477. The van der Waals surface area contributed by atoms with Crippen LogP contribution in [0.3, 0.4) is 0 Å². The third kappa shape index (κ3) is 1.46. The second kappa shape index (κ2) is 3.54. The number of piperidine rings is 1. The number of hydrogen-bond donors (Lipinski definition) is 1. The van der Waals surface area contributed by atoms with Crippen LogP contribution in [-0.2, 0) is 4.79 Å². The smallest absolute Gasteiger partial charge is 0.176 e. The van der Waals surface area contributed by atoms with Gasteiger partial charge in [0.05, 0.1) is 5.57 Å². The third-order valence-corrected chi connectivity index (χ3v) is 3.48. The van der Waals surface area contributed by atoms with Crippen LogP contribution in [0.4, 0.5) is 0 Å². The molecule has 3 atom stereocenters. The van der Waals surface area contributed by atoms with Gasteiger partial charge >= 0.3 is 0 Å². The maximum atomic E-state index is 11.8. The summed E-state index contributed by atoms with van der Waals surface area (Å²) in [5, 5.41) is 12.1. The van der Waals surface area contributed by atoms with Crippen LogP contribution < -0.4 is 5.32 Å². The molecule has 3 heteroatoms. The quantitative estimate of drug-likeness (QED) is 0.646. The van der Waals surface area contributed by atoms with Gasteiger partial charge in [-0.3, -0.25) is 4.79 Å². The summed E-state index contributed by atoms with van der Waals surface area (Å²) in [5.74, 6) is 0.423. The minimum absolute atomic E-state index is 0.00606. The van der Waals surface area contributed by atoms with Crippen molar-refractivity contribution in [2.45, 2.75) is 13.3 Å². The molecule has 1 heterocycles. The van der Waals surface area contributed by atoms with E-state index in [2.05, 4.69) is 11.9 Å². The first kappa shape index (κ1) is 9.97. The van der Waals surface area contributed by atoms with Gasteiger partial charge in [0, 0.05) is 24.1 Å². The topological polar surface area (TPSA) is 52.9 Å². The van der Waals surface area contributed by atoms with Gasteiger partial charge in [0.15, 0.2) is 5.78 Å². The average molecular weight is 202 g/mol. The number of hydrogen-bond acceptors (Lipinski definition) is 3. The van der Waals surface area contributed by atoms with E-state index in [1.54, 1.807) is 6.08 Å². The van der Waals surface area contributed by atoms with Gasteiger partial charge in [-0.15, -0.1) is 0 Å². The average Bonchev–Trinajstić information content (AvgIpc) is 2.24. The van der Waals surface area contributed by atoms with Gasteiger partial charge in [-0.2, -0.15) is 5.26 Å². The van der Waals surface area contributed by atoms with Gasteiger partial charge in [0.1, 0.15) is 6.07 Å².